The molecule has 8 heteroatoms. The van der Waals surface area contributed by atoms with E-state index in [0.29, 0.717) is 5.69 Å². The van der Waals surface area contributed by atoms with Crippen LogP contribution in [0.1, 0.15) is 23.3 Å². The maximum atomic E-state index is 12.3. The van der Waals surface area contributed by atoms with Gasteiger partial charge in [-0.15, -0.1) is 20.4 Å². The van der Waals surface area contributed by atoms with Gasteiger partial charge in [0.25, 0.3) is 5.91 Å². The number of amides is 1. The lowest BCUT2D eigenvalue weighted by Gasteiger charge is -2.15. The fourth-order valence-electron chi connectivity index (χ4n) is 2.66. The first-order valence-electron chi connectivity index (χ1n) is 7.49. The Morgan fingerprint density at radius 3 is 2.70 bits per heavy atom. The molecule has 1 N–H and O–H groups in total. The van der Waals surface area contributed by atoms with Gasteiger partial charge in [-0.2, -0.15) is 0 Å². The average Bonchev–Trinajstić information content (AvgIpc) is 3.26. The summed E-state index contributed by atoms with van der Waals surface area (Å²) in [6.45, 7) is 2.00. The van der Waals surface area contributed by atoms with Crippen LogP contribution in [0, 0.1) is 0 Å². The Labute approximate surface area is 132 Å². The minimum atomic E-state index is -0.294. The molecule has 0 bridgehead atoms. The van der Waals surface area contributed by atoms with Crippen molar-refractivity contribution in [2.75, 3.05) is 23.3 Å². The highest BCUT2D eigenvalue weighted by atomic mass is 16.1. The van der Waals surface area contributed by atoms with E-state index in [-0.39, 0.29) is 11.6 Å². The van der Waals surface area contributed by atoms with Crippen LogP contribution in [-0.4, -0.2) is 43.8 Å². The molecule has 0 saturated carbocycles. The van der Waals surface area contributed by atoms with Gasteiger partial charge in [-0.25, -0.2) is 0 Å². The van der Waals surface area contributed by atoms with Gasteiger partial charge in [0.2, 0.25) is 0 Å². The van der Waals surface area contributed by atoms with Crippen LogP contribution >= 0.6 is 0 Å². The van der Waals surface area contributed by atoms with Gasteiger partial charge < -0.3 is 10.2 Å². The van der Waals surface area contributed by atoms with Crippen molar-refractivity contribution < 1.29 is 4.79 Å². The zero-order valence-electron chi connectivity index (χ0n) is 12.4. The van der Waals surface area contributed by atoms with Crippen LogP contribution in [-0.2, 0) is 0 Å². The summed E-state index contributed by atoms with van der Waals surface area (Å²) in [5.74, 6) is 0.530. The molecule has 4 heterocycles. The van der Waals surface area contributed by atoms with Crippen LogP contribution in [0.25, 0.3) is 5.65 Å². The molecule has 0 atom stereocenters. The van der Waals surface area contributed by atoms with Crippen molar-refractivity contribution in [1.29, 1.82) is 0 Å². The summed E-state index contributed by atoms with van der Waals surface area (Å²) in [5, 5.41) is 18.7. The van der Waals surface area contributed by atoms with E-state index in [0.717, 1.165) is 24.6 Å². The third-order valence-electron chi connectivity index (χ3n) is 3.86. The molecule has 0 unspecified atom stereocenters. The molecule has 23 heavy (non-hydrogen) atoms. The predicted molar refractivity (Wildman–Crippen MR) is 84.4 cm³/mol. The van der Waals surface area contributed by atoms with E-state index in [4.69, 9.17) is 0 Å². The Bertz CT molecular complexity index is 836. The summed E-state index contributed by atoms with van der Waals surface area (Å²) in [6, 6.07) is 7.10. The highest BCUT2D eigenvalue weighted by Gasteiger charge is 2.15. The molecule has 1 fully saturated rings. The normalized spacial score (nSPS) is 14.3. The molecular formula is C15H15N7O. The molecule has 1 aliphatic heterocycles. The summed E-state index contributed by atoms with van der Waals surface area (Å²) in [7, 11) is 0. The number of carbonyl (C=O) groups is 1. The number of pyridine rings is 1. The molecule has 3 aromatic heterocycles. The van der Waals surface area contributed by atoms with Crippen LogP contribution in [0.4, 0.5) is 11.5 Å². The van der Waals surface area contributed by atoms with Crippen molar-refractivity contribution >= 4 is 23.1 Å². The van der Waals surface area contributed by atoms with Crippen molar-refractivity contribution in [3.05, 3.63) is 42.5 Å². The van der Waals surface area contributed by atoms with Gasteiger partial charge >= 0.3 is 0 Å². The molecule has 1 amide bonds. The van der Waals surface area contributed by atoms with Crippen LogP contribution in [0.5, 0.6) is 0 Å². The minimum Gasteiger partial charge on any atom is -0.355 e. The van der Waals surface area contributed by atoms with Crippen LogP contribution in [0.2, 0.25) is 0 Å². The van der Waals surface area contributed by atoms with Crippen LogP contribution in [0.15, 0.2) is 36.8 Å². The van der Waals surface area contributed by atoms with Gasteiger partial charge in [-0.3, -0.25) is 9.20 Å². The number of fused-ring (bicyclic) bond motifs is 1. The summed E-state index contributed by atoms with van der Waals surface area (Å²) in [5.41, 5.74) is 1.65. The molecule has 1 saturated heterocycles. The first-order chi connectivity index (χ1) is 11.3. The third kappa shape index (κ3) is 2.70. The topological polar surface area (TPSA) is 88.3 Å². The molecule has 0 radical (unpaired) electrons. The van der Waals surface area contributed by atoms with Crippen molar-refractivity contribution in [3.63, 3.8) is 0 Å². The third-order valence-corrected chi connectivity index (χ3v) is 3.86. The summed E-state index contributed by atoms with van der Waals surface area (Å²) < 4.78 is 1.73. The molecule has 116 valence electrons. The van der Waals surface area contributed by atoms with Gasteiger partial charge in [0.15, 0.2) is 17.2 Å². The molecule has 4 rings (SSSR count). The second-order valence-corrected chi connectivity index (χ2v) is 5.44. The van der Waals surface area contributed by atoms with Gasteiger partial charge in [-0.05, 0) is 37.1 Å². The molecule has 1 aliphatic rings. The summed E-state index contributed by atoms with van der Waals surface area (Å²) >= 11 is 0. The van der Waals surface area contributed by atoms with E-state index in [1.807, 2.05) is 6.07 Å². The van der Waals surface area contributed by atoms with Gasteiger partial charge in [0.1, 0.15) is 6.33 Å². The molecule has 0 aliphatic carbocycles. The van der Waals surface area contributed by atoms with Crippen molar-refractivity contribution in [2.24, 2.45) is 0 Å². The molecular weight excluding hydrogens is 294 g/mol. The lowest BCUT2D eigenvalue weighted by molar-refractivity contribution is 0.102. The summed E-state index contributed by atoms with van der Waals surface area (Å²) in [6.07, 6.45) is 5.68. The van der Waals surface area contributed by atoms with Gasteiger partial charge in [-0.1, -0.05) is 0 Å². The van der Waals surface area contributed by atoms with Gasteiger partial charge in [0.05, 0.1) is 5.69 Å². The smallest absolute Gasteiger partial charge is 0.276 e. The van der Waals surface area contributed by atoms with Crippen molar-refractivity contribution in [2.45, 2.75) is 12.8 Å². The number of anilines is 2. The lowest BCUT2D eigenvalue weighted by Crippen LogP contribution is -2.21. The second-order valence-electron chi connectivity index (χ2n) is 5.44. The number of carbonyl (C=O) groups excluding carboxylic acids is 1. The maximum absolute atomic E-state index is 12.3. The van der Waals surface area contributed by atoms with Crippen molar-refractivity contribution in [1.82, 2.24) is 24.8 Å². The molecule has 3 aromatic rings. The van der Waals surface area contributed by atoms with Crippen LogP contribution in [0.3, 0.4) is 0 Å². The highest BCUT2D eigenvalue weighted by molar-refractivity contribution is 6.02. The Morgan fingerprint density at radius 1 is 1.04 bits per heavy atom. The fourth-order valence-corrected chi connectivity index (χ4v) is 2.66. The van der Waals surface area contributed by atoms with E-state index in [1.54, 1.807) is 35.1 Å². The first-order valence-corrected chi connectivity index (χ1v) is 7.49. The number of aromatic nitrogens is 5. The number of hydrogen-bond donors (Lipinski definition) is 1. The Balaban J connectivity index is 1.49. The van der Waals surface area contributed by atoms with E-state index in [2.05, 4.69) is 30.6 Å². The van der Waals surface area contributed by atoms with E-state index in [1.165, 1.54) is 12.8 Å². The SMILES string of the molecule is O=C(Nc1ccc2nncn2c1)c1ccc(N2CCCC2)nn1. The monoisotopic (exact) mass is 309 g/mol. The van der Waals surface area contributed by atoms with E-state index >= 15 is 0 Å². The Hall–Kier alpha value is -3.03. The minimum absolute atomic E-state index is 0.289. The lowest BCUT2D eigenvalue weighted by atomic mass is 10.3. The van der Waals surface area contributed by atoms with Crippen LogP contribution < -0.4 is 10.2 Å². The number of nitrogens with zero attached hydrogens (tertiary/aromatic N) is 6. The van der Waals surface area contributed by atoms with E-state index in [9.17, 15) is 4.79 Å². The highest BCUT2D eigenvalue weighted by Crippen LogP contribution is 2.17. The second kappa shape index (κ2) is 5.64. The fraction of sp³-hybridized carbons (Fsp3) is 0.267. The zero-order chi connectivity index (χ0) is 15.6. The first kappa shape index (κ1) is 13.6. The predicted octanol–water partition coefficient (Wildman–Crippen LogP) is 1.37. The zero-order valence-corrected chi connectivity index (χ0v) is 12.4. The van der Waals surface area contributed by atoms with Crippen molar-refractivity contribution in [3.8, 4) is 0 Å². The maximum Gasteiger partial charge on any atom is 0.276 e. The standard InChI is InChI=1S/C15H15N7O/c23-15(17-11-3-5-13-19-16-10-22(13)9-11)12-4-6-14(20-18-12)21-7-1-2-8-21/h3-6,9-10H,1-2,7-8H2,(H,17,23). The number of hydrogen-bond acceptors (Lipinski definition) is 6. The van der Waals surface area contributed by atoms with Gasteiger partial charge in [0, 0.05) is 19.3 Å². The molecule has 0 spiro atoms. The Morgan fingerprint density at radius 2 is 1.91 bits per heavy atom. The quantitative estimate of drug-likeness (QED) is 0.786. The average molecular weight is 309 g/mol. The number of rotatable bonds is 3. The largest absolute Gasteiger partial charge is 0.355 e. The molecule has 0 aromatic carbocycles. The summed E-state index contributed by atoms with van der Waals surface area (Å²) in [4.78, 5) is 14.4. The van der Waals surface area contributed by atoms with E-state index < -0.39 is 0 Å². The number of nitrogens with one attached hydrogen (secondary N) is 1. The Kier molecular flexibility index (Phi) is 3.34. The molecule has 8 nitrogen and oxygen atoms in total.